The molecular weight excluding hydrogens is 384 g/mol. The molecule has 148 valence electrons. The first-order valence-electron chi connectivity index (χ1n) is 9.36. The zero-order chi connectivity index (χ0) is 20.7. The number of hydrogen-bond donors (Lipinski definition) is 2. The Hall–Kier alpha value is -3.19. The number of nitrogens with zero attached hydrogens (tertiary/aromatic N) is 3. The molecule has 1 fully saturated rings. The second-order valence-electron chi connectivity index (χ2n) is 7.22. The number of rotatable bonds is 4. The predicted octanol–water partition coefficient (Wildman–Crippen LogP) is 3.79. The van der Waals surface area contributed by atoms with Crippen molar-refractivity contribution in [3.8, 4) is 5.69 Å². The molecule has 0 aliphatic carbocycles. The van der Waals surface area contributed by atoms with Crippen molar-refractivity contribution < 1.29 is 9.90 Å². The molecule has 3 heterocycles. The first kappa shape index (κ1) is 19.1. The van der Waals surface area contributed by atoms with E-state index < -0.39 is 5.97 Å². The number of para-hydroxylation sites is 1. The molecule has 1 aromatic carbocycles. The van der Waals surface area contributed by atoms with Gasteiger partial charge in [-0.05, 0) is 62.0 Å². The van der Waals surface area contributed by atoms with E-state index in [0.717, 1.165) is 22.6 Å². The van der Waals surface area contributed by atoms with Crippen molar-refractivity contribution >= 4 is 23.3 Å². The van der Waals surface area contributed by atoms with Gasteiger partial charge < -0.3 is 19.9 Å². The third kappa shape index (κ3) is 3.17. The van der Waals surface area contributed by atoms with E-state index in [-0.39, 0.29) is 17.6 Å². The van der Waals surface area contributed by atoms with Crippen LogP contribution in [0.25, 0.3) is 5.69 Å². The maximum absolute atomic E-state index is 11.8. The summed E-state index contributed by atoms with van der Waals surface area (Å²) in [6.45, 7) is 4.01. The molecule has 7 heteroatoms. The molecule has 29 heavy (non-hydrogen) atoms. The molecule has 2 aromatic heterocycles. The number of aromatic nitrogens is 2. The fourth-order valence-electron chi connectivity index (χ4n) is 4.15. The quantitative estimate of drug-likeness (QED) is 0.643. The predicted molar refractivity (Wildman–Crippen MR) is 115 cm³/mol. The van der Waals surface area contributed by atoms with Gasteiger partial charge >= 0.3 is 5.97 Å². The summed E-state index contributed by atoms with van der Waals surface area (Å²) in [6.07, 6.45) is 1.78. The summed E-state index contributed by atoms with van der Waals surface area (Å²) in [5, 5.41) is 13.7. The van der Waals surface area contributed by atoms with Crippen LogP contribution >= 0.6 is 12.2 Å². The van der Waals surface area contributed by atoms with Crippen molar-refractivity contribution in [2.75, 3.05) is 7.05 Å². The molecule has 0 amide bonds. The van der Waals surface area contributed by atoms with Crippen LogP contribution in [-0.2, 0) is 0 Å². The molecule has 0 spiro atoms. The highest BCUT2D eigenvalue weighted by atomic mass is 32.1. The van der Waals surface area contributed by atoms with Crippen LogP contribution < -0.4 is 5.32 Å². The largest absolute Gasteiger partial charge is 0.478 e. The summed E-state index contributed by atoms with van der Waals surface area (Å²) in [7, 11) is 1.97. The molecule has 0 unspecified atom stereocenters. The molecule has 2 N–H and O–H groups in total. The van der Waals surface area contributed by atoms with Gasteiger partial charge in [-0.1, -0.05) is 18.2 Å². The normalized spacial score (nSPS) is 18.7. The number of carboxylic acid groups (broad SMARTS) is 1. The molecule has 0 radical (unpaired) electrons. The van der Waals surface area contributed by atoms with E-state index in [9.17, 15) is 9.90 Å². The van der Waals surface area contributed by atoms with Crippen LogP contribution in [0.2, 0.25) is 0 Å². The van der Waals surface area contributed by atoms with Crippen molar-refractivity contribution in [3.05, 3.63) is 82.9 Å². The minimum absolute atomic E-state index is 0.0469. The number of likely N-dealkylation sites (N-methyl/N-ethyl adjacent to an activating group) is 1. The maximum atomic E-state index is 11.8. The van der Waals surface area contributed by atoms with E-state index in [1.165, 1.54) is 0 Å². The number of benzene rings is 1. The summed E-state index contributed by atoms with van der Waals surface area (Å²) < 4.78 is 2.00. The number of carboxylic acids is 1. The van der Waals surface area contributed by atoms with Gasteiger partial charge in [-0.2, -0.15) is 0 Å². The number of aromatic carboxylic acids is 1. The summed E-state index contributed by atoms with van der Waals surface area (Å²) in [5.74, 6) is -0.943. The number of thiocarbonyl (C=S) groups is 1. The Labute approximate surface area is 174 Å². The van der Waals surface area contributed by atoms with E-state index >= 15 is 0 Å². The highest BCUT2D eigenvalue weighted by molar-refractivity contribution is 7.80. The van der Waals surface area contributed by atoms with Crippen molar-refractivity contribution in [2.45, 2.75) is 25.9 Å². The lowest BCUT2D eigenvalue weighted by molar-refractivity contribution is 0.0697. The van der Waals surface area contributed by atoms with E-state index in [1.807, 2.05) is 60.7 Å². The molecule has 3 aromatic rings. The molecular formula is C22H22N4O2S. The topological polar surface area (TPSA) is 70.4 Å². The monoisotopic (exact) mass is 406 g/mol. The van der Waals surface area contributed by atoms with Crippen LogP contribution in [-0.4, -0.2) is 37.7 Å². The number of carbonyl (C=O) groups is 1. The fraction of sp³-hybridized carbons (Fsp3) is 0.227. The maximum Gasteiger partial charge on any atom is 0.337 e. The van der Waals surface area contributed by atoms with Gasteiger partial charge in [-0.3, -0.25) is 4.98 Å². The zero-order valence-corrected chi connectivity index (χ0v) is 17.3. The van der Waals surface area contributed by atoms with Crippen LogP contribution in [0.5, 0.6) is 0 Å². The van der Waals surface area contributed by atoms with Crippen LogP contribution in [0.15, 0.2) is 54.7 Å². The second kappa shape index (κ2) is 7.33. The molecule has 1 saturated heterocycles. The van der Waals surface area contributed by atoms with Gasteiger partial charge in [-0.25, -0.2) is 4.79 Å². The first-order valence-corrected chi connectivity index (χ1v) is 9.76. The van der Waals surface area contributed by atoms with Crippen LogP contribution in [0.3, 0.4) is 0 Å². The zero-order valence-electron chi connectivity index (χ0n) is 16.5. The second-order valence-corrected chi connectivity index (χ2v) is 7.61. The molecule has 0 bridgehead atoms. The van der Waals surface area contributed by atoms with Gasteiger partial charge in [0.25, 0.3) is 0 Å². The Bertz CT molecular complexity index is 1090. The number of aryl methyl sites for hydroxylation is 1. The number of pyridine rings is 1. The van der Waals surface area contributed by atoms with E-state index in [2.05, 4.69) is 16.4 Å². The summed E-state index contributed by atoms with van der Waals surface area (Å²) >= 11 is 5.53. The average molecular weight is 407 g/mol. The first-order chi connectivity index (χ1) is 13.9. The summed E-state index contributed by atoms with van der Waals surface area (Å²) in [4.78, 5) is 18.3. The lowest BCUT2D eigenvalue weighted by atomic mass is 9.97. The third-order valence-electron chi connectivity index (χ3n) is 5.50. The van der Waals surface area contributed by atoms with E-state index in [1.54, 1.807) is 18.3 Å². The van der Waals surface area contributed by atoms with Crippen molar-refractivity contribution in [1.29, 1.82) is 0 Å². The Morgan fingerprint density at radius 1 is 1.17 bits per heavy atom. The standard InChI is InChI=1S/C22H22N4O2S/c1-13-12-16(14(2)26(13)18-10-5-4-8-15(18)21(27)28)20-19(24-22(29)25(20)3)17-9-6-7-11-23-17/h4-12,19-20H,1-3H3,(H,24,29)(H,27,28)/t19-,20-/m1/s1. The molecule has 1 aliphatic rings. The fourth-order valence-corrected chi connectivity index (χ4v) is 4.40. The minimum Gasteiger partial charge on any atom is -0.478 e. The van der Waals surface area contributed by atoms with Crippen molar-refractivity contribution in [1.82, 2.24) is 19.8 Å². The SMILES string of the molecule is Cc1cc([C@@H]2[C@@H](c3ccccn3)NC(=S)N2C)c(C)n1-c1ccccc1C(=O)O. The van der Waals surface area contributed by atoms with Gasteiger partial charge in [0.15, 0.2) is 5.11 Å². The van der Waals surface area contributed by atoms with Crippen LogP contribution in [0.4, 0.5) is 0 Å². The Morgan fingerprint density at radius 2 is 1.90 bits per heavy atom. The number of nitrogens with one attached hydrogen (secondary N) is 1. The smallest absolute Gasteiger partial charge is 0.337 e. The molecule has 2 atom stereocenters. The molecule has 0 saturated carbocycles. The molecule has 6 nitrogen and oxygen atoms in total. The third-order valence-corrected chi connectivity index (χ3v) is 5.91. The Kier molecular flexibility index (Phi) is 4.84. The van der Waals surface area contributed by atoms with Gasteiger partial charge in [0.05, 0.1) is 29.0 Å². The van der Waals surface area contributed by atoms with Gasteiger partial charge in [0.2, 0.25) is 0 Å². The van der Waals surface area contributed by atoms with Gasteiger partial charge in [0.1, 0.15) is 0 Å². The Morgan fingerprint density at radius 3 is 2.59 bits per heavy atom. The minimum atomic E-state index is -0.943. The lowest BCUT2D eigenvalue weighted by Gasteiger charge is -2.24. The highest BCUT2D eigenvalue weighted by Crippen LogP contribution is 2.40. The highest BCUT2D eigenvalue weighted by Gasteiger charge is 2.39. The van der Waals surface area contributed by atoms with Gasteiger partial charge in [-0.15, -0.1) is 0 Å². The van der Waals surface area contributed by atoms with E-state index in [0.29, 0.717) is 10.8 Å². The van der Waals surface area contributed by atoms with Crippen LogP contribution in [0.1, 0.15) is 45.1 Å². The molecule has 1 aliphatic heterocycles. The van der Waals surface area contributed by atoms with Crippen LogP contribution in [0, 0.1) is 13.8 Å². The summed E-state index contributed by atoms with van der Waals surface area (Å²) in [5.41, 5.74) is 4.90. The van der Waals surface area contributed by atoms with Crippen molar-refractivity contribution in [3.63, 3.8) is 0 Å². The van der Waals surface area contributed by atoms with E-state index in [4.69, 9.17) is 12.2 Å². The van der Waals surface area contributed by atoms with Crippen molar-refractivity contribution in [2.24, 2.45) is 0 Å². The van der Waals surface area contributed by atoms with Gasteiger partial charge in [0, 0.05) is 24.6 Å². The average Bonchev–Trinajstić information content (AvgIpc) is 3.17. The lowest BCUT2D eigenvalue weighted by Crippen LogP contribution is -2.25. The summed E-state index contributed by atoms with van der Waals surface area (Å²) in [6, 6.07) is 14.9. The Balaban J connectivity index is 1.86. The number of hydrogen-bond acceptors (Lipinski definition) is 3. The molecule has 4 rings (SSSR count).